The summed E-state index contributed by atoms with van der Waals surface area (Å²) in [5.74, 6) is 0. The second-order valence-electron chi connectivity index (χ2n) is 12.2. The predicted molar refractivity (Wildman–Crippen MR) is 174 cm³/mol. The van der Waals surface area contributed by atoms with Gasteiger partial charge in [0.15, 0.2) is 0 Å². The van der Waals surface area contributed by atoms with Gasteiger partial charge in [0, 0.05) is 10.8 Å². The van der Waals surface area contributed by atoms with Crippen molar-refractivity contribution in [3.8, 4) is 33.4 Å². The van der Waals surface area contributed by atoms with Gasteiger partial charge >= 0.3 is 0 Å². The maximum absolute atomic E-state index is 2.66. The van der Waals surface area contributed by atoms with Crippen LogP contribution >= 0.6 is 0 Å². The number of fused-ring (bicyclic) bond motifs is 10. The summed E-state index contributed by atoms with van der Waals surface area (Å²) in [5, 5.41) is 0. The first-order valence-corrected chi connectivity index (χ1v) is 15.0. The van der Waals surface area contributed by atoms with E-state index in [1.165, 1.54) is 66.8 Å². The third kappa shape index (κ3) is 3.13. The summed E-state index contributed by atoms with van der Waals surface area (Å²) in [6.45, 7) is 0. The molecular formula is C42H30. The van der Waals surface area contributed by atoms with Gasteiger partial charge in [0.2, 0.25) is 0 Å². The molecule has 2 spiro atoms. The average Bonchev–Trinajstić information content (AvgIpc) is 3.48. The Kier molecular flexibility index (Phi) is 4.96. The number of hydrogen-bond donors (Lipinski definition) is 0. The predicted octanol–water partition coefficient (Wildman–Crippen LogP) is 10.5. The highest BCUT2D eigenvalue weighted by Crippen LogP contribution is 2.65. The van der Waals surface area contributed by atoms with Gasteiger partial charge in [-0.1, -0.05) is 158 Å². The van der Waals surface area contributed by atoms with Crippen LogP contribution in [-0.2, 0) is 10.8 Å². The molecule has 0 saturated heterocycles. The van der Waals surface area contributed by atoms with Crippen LogP contribution < -0.4 is 0 Å². The van der Waals surface area contributed by atoms with Crippen molar-refractivity contribution in [2.75, 3.05) is 0 Å². The van der Waals surface area contributed by atoms with Gasteiger partial charge in [-0.3, -0.25) is 0 Å². The van der Waals surface area contributed by atoms with Crippen LogP contribution in [0.2, 0.25) is 0 Å². The Balaban J connectivity index is 1.39. The van der Waals surface area contributed by atoms with Crippen molar-refractivity contribution in [2.45, 2.75) is 23.7 Å². The minimum absolute atomic E-state index is 0.147. The van der Waals surface area contributed by atoms with Gasteiger partial charge in [-0.05, 0) is 79.6 Å². The quantitative estimate of drug-likeness (QED) is 0.207. The first kappa shape index (κ1) is 23.7. The molecule has 0 saturated carbocycles. The summed E-state index contributed by atoms with van der Waals surface area (Å²) < 4.78 is 0. The molecular weight excluding hydrogens is 504 g/mol. The van der Waals surface area contributed by atoms with Crippen LogP contribution in [-0.4, -0.2) is 0 Å². The molecule has 0 aromatic heterocycles. The summed E-state index contributed by atoms with van der Waals surface area (Å²) in [6, 6.07) is 56.6. The molecule has 3 aliphatic carbocycles. The molecule has 0 unspecified atom stereocenters. The van der Waals surface area contributed by atoms with Gasteiger partial charge in [0.25, 0.3) is 0 Å². The van der Waals surface area contributed by atoms with E-state index in [-0.39, 0.29) is 10.8 Å². The van der Waals surface area contributed by atoms with Crippen molar-refractivity contribution in [1.29, 1.82) is 0 Å². The van der Waals surface area contributed by atoms with Gasteiger partial charge in [-0.15, -0.1) is 0 Å². The van der Waals surface area contributed by atoms with Gasteiger partial charge in [0.1, 0.15) is 0 Å². The van der Waals surface area contributed by atoms with Crippen LogP contribution in [0.15, 0.2) is 158 Å². The zero-order chi connectivity index (χ0) is 27.7. The van der Waals surface area contributed by atoms with E-state index in [1.807, 2.05) is 0 Å². The lowest BCUT2D eigenvalue weighted by atomic mass is 9.56. The minimum atomic E-state index is -0.241. The molecule has 0 radical (unpaired) electrons. The molecule has 0 bridgehead atoms. The molecule has 0 amide bonds. The van der Waals surface area contributed by atoms with E-state index in [2.05, 4.69) is 158 Å². The molecule has 42 heavy (non-hydrogen) atoms. The Morgan fingerprint density at radius 3 is 1.31 bits per heavy atom. The highest BCUT2D eigenvalue weighted by Gasteiger charge is 2.55. The van der Waals surface area contributed by atoms with Crippen LogP contribution in [0.5, 0.6) is 0 Å². The minimum Gasteiger partial charge on any atom is -0.0656 e. The van der Waals surface area contributed by atoms with Crippen LogP contribution in [0.25, 0.3) is 39.0 Å². The lowest BCUT2D eigenvalue weighted by Gasteiger charge is -2.46. The van der Waals surface area contributed by atoms with Gasteiger partial charge in [-0.2, -0.15) is 0 Å². The van der Waals surface area contributed by atoms with E-state index in [0.717, 1.165) is 12.8 Å². The van der Waals surface area contributed by atoms with Crippen LogP contribution in [0.4, 0.5) is 0 Å². The fraction of sp³-hybridized carbons (Fsp3) is 0.0952. The Hall–Kier alpha value is -4.94. The summed E-state index contributed by atoms with van der Waals surface area (Å²) >= 11 is 0. The zero-order valence-electron chi connectivity index (χ0n) is 23.4. The summed E-state index contributed by atoms with van der Waals surface area (Å²) in [5.41, 5.74) is 16.3. The number of hydrogen-bond acceptors (Lipinski definition) is 0. The van der Waals surface area contributed by atoms with Crippen LogP contribution in [0.3, 0.4) is 0 Å². The number of allylic oxidation sites excluding steroid dienone is 2. The van der Waals surface area contributed by atoms with Crippen molar-refractivity contribution in [1.82, 2.24) is 0 Å². The Morgan fingerprint density at radius 1 is 0.357 bits per heavy atom. The Bertz CT molecular complexity index is 1950. The van der Waals surface area contributed by atoms with Gasteiger partial charge < -0.3 is 0 Å². The lowest BCUT2D eigenvalue weighted by Crippen LogP contribution is -2.40. The molecule has 0 fully saturated rings. The summed E-state index contributed by atoms with van der Waals surface area (Å²) in [7, 11) is 0. The number of benzene rings is 6. The fourth-order valence-electron chi connectivity index (χ4n) is 8.57. The highest BCUT2D eigenvalue weighted by molar-refractivity contribution is 5.91. The topological polar surface area (TPSA) is 0 Å². The molecule has 0 aliphatic heterocycles. The first-order chi connectivity index (χ1) is 20.8. The van der Waals surface area contributed by atoms with Gasteiger partial charge in [0.05, 0.1) is 0 Å². The zero-order valence-corrected chi connectivity index (χ0v) is 23.4. The van der Waals surface area contributed by atoms with Crippen molar-refractivity contribution in [3.63, 3.8) is 0 Å². The molecule has 0 heterocycles. The second-order valence-corrected chi connectivity index (χ2v) is 12.2. The highest BCUT2D eigenvalue weighted by atomic mass is 14.6. The maximum Gasteiger partial charge on any atom is 0.0411 e. The maximum atomic E-state index is 2.66. The fourth-order valence-corrected chi connectivity index (χ4v) is 8.57. The standard InChI is InChI=1S/C42H30/c1-2-14-29(15-3-1)31-16-4-5-17-32(31)30-26-41(37-22-10-6-18-33(37)34-19-7-11-23-38(34)41)28-42(27-30)39-24-12-8-20-35(39)36-21-9-13-25-40(36)42/h1-26H,27-28H2. The monoisotopic (exact) mass is 534 g/mol. The molecule has 0 atom stereocenters. The SMILES string of the molecule is C1=C(c2ccccc2-c2ccccc2)CC2(CC13c1ccccc1-c1ccccc13)c1ccccc1-c1ccccc12. The van der Waals surface area contributed by atoms with Gasteiger partial charge in [-0.25, -0.2) is 0 Å². The molecule has 6 aromatic rings. The van der Waals surface area contributed by atoms with E-state index in [0.29, 0.717) is 0 Å². The van der Waals surface area contributed by atoms with E-state index in [4.69, 9.17) is 0 Å². The molecule has 0 nitrogen and oxygen atoms in total. The summed E-state index contributed by atoms with van der Waals surface area (Å²) in [4.78, 5) is 0. The average molecular weight is 535 g/mol. The Morgan fingerprint density at radius 2 is 0.762 bits per heavy atom. The van der Waals surface area contributed by atoms with E-state index >= 15 is 0 Å². The second kappa shape index (κ2) is 8.78. The lowest BCUT2D eigenvalue weighted by molar-refractivity contribution is 0.397. The normalized spacial score (nSPS) is 16.4. The molecule has 0 N–H and O–H groups in total. The molecule has 6 aromatic carbocycles. The largest absolute Gasteiger partial charge is 0.0656 e. The van der Waals surface area contributed by atoms with Crippen LogP contribution in [0.1, 0.15) is 40.7 Å². The summed E-state index contributed by atoms with van der Waals surface area (Å²) in [6.07, 6.45) is 4.64. The smallest absolute Gasteiger partial charge is 0.0411 e. The Labute approximate surface area is 247 Å². The third-order valence-corrected chi connectivity index (χ3v) is 10.1. The third-order valence-electron chi connectivity index (χ3n) is 10.1. The van der Waals surface area contributed by atoms with Crippen molar-refractivity contribution in [2.24, 2.45) is 0 Å². The van der Waals surface area contributed by atoms with E-state index in [1.54, 1.807) is 0 Å². The van der Waals surface area contributed by atoms with E-state index < -0.39 is 0 Å². The molecule has 9 rings (SSSR count). The van der Waals surface area contributed by atoms with Crippen molar-refractivity contribution < 1.29 is 0 Å². The van der Waals surface area contributed by atoms with Crippen molar-refractivity contribution in [3.05, 3.63) is 186 Å². The number of rotatable bonds is 2. The van der Waals surface area contributed by atoms with E-state index in [9.17, 15) is 0 Å². The molecule has 198 valence electrons. The first-order valence-electron chi connectivity index (χ1n) is 15.0. The molecule has 3 aliphatic rings. The van der Waals surface area contributed by atoms with Crippen LogP contribution in [0, 0.1) is 0 Å². The molecule has 0 heteroatoms. The van der Waals surface area contributed by atoms with Crippen molar-refractivity contribution >= 4 is 5.57 Å².